The summed E-state index contributed by atoms with van der Waals surface area (Å²) in [7, 11) is 3.94. The van der Waals surface area contributed by atoms with Crippen LogP contribution in [-0.4, -0.2) is 36.4 Å². The quantitative estimate of drug-likeness (QED) is 0.614. The van der Waals surface area contributed by atoms with Crippen LogP contribution in [0, 0.1) is 0 Å². The largest absolute Gasteiger partial charge is 0.441 e. The van der Waals surface area contributed by atoms with Crippen LogP contribution in [0.4, 0.5) is 0 Å². The van der Waals surface area contributed by atoms with Crippen LogP contribution in [-0.2, 0) is 11.2 Å². The molecule has 0 aliphatic rings. The standard InChI is InChI=1S/C22H24ClN3O2/c1-26(2)19(17-10-6-7-11-18(17)23)14-24-21(27)12-13-22-25-15-20(28-22)16-8-4-3-5-9-16/h3-11,15,19H,12-14H2,1-2H3,(H,24,27). The van der Waals surface area contributed by atoms with Crippen LogP contribution < -0.4 is 5.32 Å². The lowest BCUT2D eigenvalue weighted by Gasteiger charge is -2.26. The van der Waals surface area contributed by atoms with Crippen molar-refractivity contribution in [2.45, 2.75) is 18.9 Å². The van der Waals surface area contributed by atoms with E-state index in [4.69, 9.17) is 16.0 Å². The van der Waals surface area contributed by atoms with Crippen LogP contribution in [0.15, 0.2) is 65.2 Å². The minimum Gasteiger partial charge on any atom is -0.441 e. The van der Waals surface area contributed by atoms with Crippen molar-refractivity contribution in [1.82, 2.24) is 15.2 Å². The number of halogens is 1. The van der Waals surface area contributed by atoms with Crippen LogP contribution in [0.5, 0.6) is 0 Å². The molecule has 1 heterocycles. The van der Waals surface area contributed by atoms with Crippen molar-refractivity contribution in [3.63, 3.8) is 0 Å². The molecule has 0 saturated heterocycles. The van der Waals surface area contributed by atoms with Gasteiger partial charge < -0.3 is 14.6 Å². The Morgan fingerprint density at radius 2 is 1.86 bits per heavy atom. The number of oxazole rings is 1. The number of benzene rings is 2. The summed E-state index contributed by atoms with van der Waals surface area (Å²) in [5.74, 6) is 1.23. The summed E-state index contributed by atoms with van der Waals surface area (Å²) in [5.41, 5.74) is 1.97. The third-order valence-corrected chi connectivity index (χ3v) is 4.90. The highest BCUT2D eigenvalue weighted by Gasteiger charge is 2.18. The van der Waals surface area contributed by atoms with E-state index in [1.807, 2.05) is 73.6 Å². The van der Waals surface area contributed by atoms with Gasteiger partial charge in [-0.05, 0) is 25.7 Å². The first kappa shape index (κ1) is 20.1. The fourth-order valence-corrected chi connectivity index (χ4v) is 3.26. The topological polar surface area (TPSA) is 58.4 Å². The van der Waals surface area contributed by atoms with E-state index in [0.717, 1.165) is 11.1 Å². The molecule has 0 aliphatic heterocycles. The first-order valence-electron chi connectivity index (χ1n) is 9.22. The van der Waals surface area contributed by atoms with Crippen LogP contribution in [0.25, 0.3) is 11.3 Å². The first-order chi connectivity index (χ1) is 13.5. The van der Waals surface area contributed by atoms with E-state index in [9.17, 15) is 4.79 Å². The Morgan fingerprint density at radius 1 is 1.14 bits per heavy atom. The van der Waals surface area contributed by atoms with E-state index in [1.54, 1.807) is 6.20 Å². The fraction of sp³-hybridized carbons (Fsp3) is 0.273. The van der Waals surface area contributed by atoms with E-state index in [0.29, 0.717) is 36.1 Å². The maximum Gasteiger partial charge on any atom is 0.220 e. The number of nitrogens with zero attached hydrogens (tertiary/aromatic N) is 2. The fourth-order valence-electron chi connectivity index (χ4n) is 3.00. The molecule has 1 atom stereocenters. The molecule has 0 spiro atoms. The van der Waals surface area contributed by atoms with Gasteiger partial charge >= 0.3 is 0 Å². The number of hydrogen-bond acceptors (Lipinski definition) is 4. The predicted octanol–water partition coefficient (Wildman–Crippen LogP) is 4.35. The molecular formula is C22H24ClN3O2. The summed E-state index contributed by atoms with van der Waals surface area (Å²) in [5, 5.41) is 3.69. The first-order valence-corrected chi connectivity index (χ1v) is 9.60. The molecule has 3 aromatic rings. The number of aryl methyl sites for hydroxylation is 1. The number of rotatable bonds is 8. The van der Waals surface area contributed by atoms with Crippen molar-refractivity contribution in [2.75, 3.05) is 20.6 Å². The molecule has 0 aliphatic carbocycles. The Morgan fingerprint density at radius 3 is 2.57 bits per heavy atom. The molecule has 146 valence electrons. The Kier molecular flexibility index (Phi) is 6.85. The second-order valence-electron chi connectivity index (χ2n) is 6.79. The van der Waals surface area contributed by atoms with E-state index < -0.39 is 0 Å². The Balaban J connectivity index is 1.53. The zero-order chi connectivity index (χ0) is 19.9. The Hall–Kier alpha value is -2.63. The highest BCUT2D eigenvalue weighted by Crippen LogP contribution is 2.25. The molecular weight excluding hydrogens is 374 g/mol. The maximum atomic E-state index is 12.3. The lowest BCUT2D eigenvalue weighted by atomic mass is 10.1. The van der Waals surface area contributed by atoms with Gasteiger partial charge in [0.15, 0.2) is 11.7 Å². The minimum absolute atomic E-state index is 0.00377. The molecule has 0 bridgehead atoms. The summed E-state index contributed by atoms with van der Waals surface area (Å²) in [4.78, 5) is 18.6. The van der Waals surface area contributed by atoms with Gasteiger partial charge in [0, 0.05) is 30.0 Å². The zero-order valence-corrected chi connectivity index (χ0v) is 16.8. The highest BCUT2D eigenvalue weighted by molar-refractivity contribution is 6.31. The van der Waals surface area contributed by atoms with Crippen LogP contribution in [0.3, 0.4) is 0 Å². The molecule has 0 saturated carbocycles. The number of likely N-dealkylation sites (N-methyl/N-ethyl adjacent to an activating group) is 1. The normalized spacial score (nSPS) is 12.1. The number of carbonyl (C=O) groups excluding carboxylic acids is 1. The molecule has 1 aromatic heterocycles. The van der Waals surface area contributed by atoms with Gasteiger partial charge in [-0.2, -0.15) is 0 Å². The lowest BCUT2D eigenvalue weighted by Crippen LogP contribution is -2.34. The number of carbonyl (C=O) groups is 1. The van der Waals surface area contributed by atoms with Crippen molar-refractivity contribution < 1.29 is 9.21 Å². The second-order valence-corrected chi connectivity index (χ2v) is 7.20. The third-order valence-electron chi connectivity index (χ3n) is 4.56. The van der Waals surface area contributed by atoms with Gasteiger partial charge in [0.05, 0.1) is 12.2 Å². The lowest BCUT2D eigenvalue weighted by molar-refractivity contribution is -0.121. The molecule has 1 unspecified atom stereocenters. The van der Waals surface area contributed by atoms with E-state index in [1.165, 1.54) is 0 Å². The number of nitrogens with one attached hydrogen (secondary N) is 1. The molecule has 1 amide bonds. The van der Waals surface area contributed by atoms with Crippen LogP contribution in [0.1, 0.15) is 23.9 Å². The molecule has 0 radical (unpaired) electrons. The van der Waals surface area contributed by atoms with E-state index in [2.05, 4.69) is 10.3 Å². The maximum absolute atomic E-state index is 12.3. The minimum atomic E-state index is -0.0432. The number of hydrogen-bond donors (Lipinski definition) is 1. The van der Waals surface area contributed by atoms with Gasteiger partial charge in [0.2, 0.25) is 5.91 Å². The molecule has 6 heteroatoms. The Bertz CT molecular complexity index is 909. The summed E-state index contributed by atoms with van der Waals surface area (Å²) >= 11 is 6.31. The molecule has 5 nitrogen and oxygen atoms in total. The molecule has 1 N–H and O–H groups in total. The van der Waals surface area contributed by atoms with E-state index in [-0.39, 0.29) is 11.9 Å². The SMILES string of the molecule is CN(C)C(CNC(=O)CCc1ncc(-c2ccccc2)o1)c1ccccc1Cl. The monoisotopic (exact) mass is 397 g/mol. The van der Waals surface area contributed by atoms with Gasteiger partial charge in [-0.15, -0.1) is 0 Å². The zero-order valence-electron chi connectivity index (χ0n) is 16.1. The van der Waals surface area contributed by atoms with Crippen molar-refractivity contribution in [2.24, 2.45) is 0 Å². The van der Waals surface area contributed by atoms with Crippen LogP contribution >= 0.6 is 11.6 Å². The van der Waals surface area contributed by atoms with Gasteiger partial charge in [-0.3, -0.25) is 4.79 Å². The average molecular weight is 398 g/mol. The number of amides is 1. The average Bonchev–Trinajstić information content (AvgIpc) is 3.17. The molecule has 3 rings (SSSR count). The Labute approximate surface area is 170 Å². The van der Waals surface area contributed by atoms with Gasteiger partial charge in [0.25, 0.3) is 0 Å². The smallest absolute Gasteiger partial charge is 0.220 e. The summed E-state index contributed by atoms with van der Waals surface area (Å²) < 4.78 is 5.75. The predicted molar refractivity (Wildman–Crippen MR) is 111 cm³/mol. The summed E-state index contributed by atoms with van der Waals surface area (Å²) in [6, 6.07) is 17.5. The van der Waals surface area contributed by atoms with Crippen molar-refractivity contribution in [3.8, 4) is 11.3 Å². The molecule has 0 fully saturated rings. The van der Waals surface area contributed by atoms with Crippen molar-refractivity contribution in [3.05, 3.63) is 77.3 Å². The molecule has 28 heavy (non-hydrogen) atoms. The van der Waals surface area contributed by atoms with Crippen molar-refractivity contribution >= 4 is 17.5 Å². The van der Waals surface area contributed by atoms with Gasteiger partial charge in [-0.25, -0.2) is 4.98 Å². The van der Waals surface area contributed by atoms with E-state index >= 15 is 0 Å². The summed E-state index contributed by atoms with van der Waals surface area (Å²) in [6.45, 7) is 0.483. The van der Waals surface area contributed by atoms with Crippen LogP contribution in [0.2, 0.25) is 5.02 Å². The number of aromatic nitrogens is 1. The van der Waals surface area contributed by atoms with Gasteiger partial charge in [0.1, 0.15) is 0 Å². The van der Waals surface area contributed by atoms with Gasteiger partial charge in [-0.1, -0.05) is 60.1 Å². The third kappa shape index (κ3) is 5.21. The summed E-state index contributed by atoms with van der Waals surface area (Å²) in [6.07, 6.45) is 2.47. The van der Waals surface area contributed by atoms with Crippen molar-refractivity contribution in [1.29, 1.82) is 0 Å². The molecule has 2 aromatic carbocycles. The highest BCUT2D eigenvalue weighted by atomic mass is 35.5. The second kappa shape index (κ2) is 9.53.